The third kappa shape index (κ3) is 1.89. The first kappa shape index (κ1) is 11.3. The van der Waals surface area contributed by atoms with Crippen LogP contribution in [0.2, 0.25) is 0 Å². The minimum atomic E-state index is 0.0716. The number of anilines is 1. The van der Waals surface area contributed by atoms with Crippen molar-refractivity contribution in [1.29, 1.82) is 0 Å². The largest absolute Gasteiger partial charge is 0.315 e. The fourth-order valence-electron chi connectivity index (χ4n) is 1.91. The molecule has 3 nitrogen and oxygen atoms in total. The molecule has 16 heavy (non-hydrogen) atoms. The first-order valence-electron chi connectivity index (χ1n) is 5.12. The minimum absolute atomic E-state index is 0.0716. The summed E-state index contributed by atoms with van der Waals surface area (Å²) in [6.07, 6.45) is 1.25. The lowest BCUT2D eigenvalue weighted by Gasteiger charge is -2.25. The summed E-state index contributed by atoms with van der Waals surface area (Å²) in [5.41, 5.74) is 2.70. The van der Waals surface area contributed by atoms with Crippen molar-refractivity contribution in [2.75, 3.05) is 17.3 Å². The molecule has 0 aromatic heterocycles. The van der Waals surface area contributed by atoms with Gasteiger partial charge in [-0.1, -0.05) is 15.9 Å². The lowest BCUT2D eigenvalue weighted by atomic mass is 9.98. The van der Waals surface area contributed by atoms with E-state index in [1.807, 2.05) is 12.1 Å². The van der Waals surface area contributed by atoms with Crippen molar-refractivity contribution in [3.05, 3.63) is 29.3 Å². The van der Waals surface area contributed by atoms with Crippen LogP contribution in [-0.4, -0.2) is 24.1 Å². The molecular weight excluding hydrogens is 270 g/mol. The molecule has 0 radical (unpaired) electrons. The van der Waals surface area contributed by atoms with Crippen LogP contribution in [0.15, 0.2) is 18.2 Å². The van der Waals surface area contributed by atoms with Crippen molar-refractivity contribution in [3.63, 3.8) is 0 Å². The number of ketones is 1. The number of rotatable bonds is 2. The first-order chi connectivity index (χ1) is 7.63. The van der Waals surface area contributed by atoms with Crippen molar-refractivity contribution >= 4 is 33.3 Å². The molecule has 0 fully saturated rings. The summed E-state index contributed by atoms with van der Waals surface area (Å²) in [6, 6.07) is 5.52. The molecule has 0 saturated heterocycles. The Kier molecular flexibility index (Phi) is 3.10. The standard InChI is InChI=1S/C12H12BrNO2/c1-14-10-4-2-9(11(15)7-13)6-8(10)3-5-12(14)16/h2,4,6H,3,5,7H2,1H3. The van der Waals surface area contributed by atoms with Crippen LogP contribution < -0.4 is 4.90 Å². The molecule has 0 atom stereocenters. The normalized spacial score (nSPS) is 14.9. The van der Waals surface area contributed by atoms with Gasteiger partial charge in [0.15, 0.2) is 5.78 Å². The van der Waals surface area contributed by atoms with Crippen molar-refractivity contribution < 1.29 is 9.59 Å². The number of benzene rings is 1. The molecular formula is C12H12BrNO2. The zero-order valence-corrected chi connectivity index (χ0v) is 10.6. The zero-order valence-electron chi connectivity index (χ0n) is 9.00. The molecule has 0 aliphatic carbocycles. The molecule has 1 aliphatic heterocycles. The average Bonchev–Trinajstić information content (AvgIpc) is 2.32. The number of carbonyl (C=O) groups is 2. The lowest BCUT2D eigenvalue weighted by molar-refractivity contribution is -0.118. The highest BCUT2D eigenvalue weighted by Crippen LogP contribution is 2.27. The molecule has 84 valence electrons. The fraction of sp³-hybridized carbons (Fsp3) is 0.333. The molecule has 1 aliphatic rings. The number of alkyl halides is 1. The SMILES string of the molecule is CN1C(=O)CCc2cc(C(=O)CBr)ccc21. The maximum atomic E-state index is 11.5. The molecule has 0 spiro atoms. The highest BCUT2D eigenvalue weighted by Gasteiger charge is 2.21. The number of halogens is 1. The smallest absolute Gasteiger partial charge is 0.227 e. The Labute approximate surface area is 103 Å². The second-order valence-corrected chi connectivity index (χ2v) is 4.41. The fourth-order valence-corrected chi connectivity index (χ4v) is 2.23. The Hall–Kier alpha value is -1.16. The summed E-state index contributed by atoms with van der Waals surface area (Å²) in [6.45, 7) is 0. The van der Waals surface area contributed by atoms with Gasteiger partial charge in [0.25, 0.3) is 0 Å². The van der Waals surface area contributed by atoms with E-state index < -0.39 is 0 Å². The van der Waals surface area contributed by atoms with Crippen molar-refractivity contribution in [1.82, 2.24) is 0 Å². The van der Waals surface area contributed by atoms with Gasteiger partial charge >= 0.3 is 0 Å². The van der Waals surface area contributed by atoms with Gasteiger partial charge in [-0.05, 0) is 30.2 Å². The Balaban J connectivity index is 2.41. The summed E-state index contributed by atoms with van der Waals surface area (Å²) >= 11 is 3.15. The average molecular weight is 282 g/mol. The monoisotopic (exact) mass is 281 g/mol. The Morgan fingerprint density at radius 1 is 1.44 bits per heavy atom. The number of amides is 1. The molecule has 1 amide bonds. The molecule has 2 rings (SSSR count). The van der Waals surface area contributed by atoms with E-state index in [2.05, 4.69) is 15.9 Å². The Morgan fingerprint density at radius 3 is 2.88 bits per heavy atom. The number of carbonyl (C=O) groups excluding carboxylic acids is 2. The van der Waals surface area contributed by atoms with E-state index in [-0.39, 0.29) is 11.7 Å². The van der Waals surface area contributed by atoms with Gasteiger partial charge < -0.3 is 4.90 Å². The highest BCUT2D eigenvalue weighted by molar-refractivity contribution is 9.09. The number of fused-ring (bicyclic) bond motifs is 1. The summed E-state index contributed by atoms with van der Waals surface area (Å²) < 4.78 is 0. The van der Waals surface area contributed by atoms with Gasteiger partial charge in [0.2, 0.25) is 5.91 Å². The van der Waals surface area contributed by atoms with Gasteiger partial charge in [0, 0.05) is 24.7 Å². The predicted octanol–water partition coefficient (Wildman–Crippen LogP) is 2.17. The molecule has 1 aromatic carbocycles. The Bertz CT molecular complexity index is 456. The van der Waals surface area contributed by atoms with Gasteiger partial charge in [-0.15, -0.1) is 0 Å². The first-order valence-corrected chi connectivity index (χ1v) is 6.24. The molecule has 0 N–H and O–H groups in total. The van der Waals surface area contributed by atoms with Crippen LogP contribution in [0, 0.1) is 0 Å². The highest BCUT2D eigenvalue weighted by atomic mass is 79.9. The second kappa shape index (κ2) is 4.37. The third-order valence-corrected chi connectivity index (χ3v) is 3.38. The van der Waals surface area contributed by atoms with E-state index in [9.17, 15) is 9.59 Å². The quantitative estimate of drug-likeness (QED) is 0.616. The molecule has 0 unspecified atom stereocenters. The van der Waals surface area contributed by atoms with E-state index in [0.29, 0.717) is 17.3 Å². The number of nitrogens with zero attached hydrogens (tertiary/aromatic N) is 1. The minimum Gasteiger partial charge on any atom is -0.315 e. The van der Waals surface area contributed by atoms with E-state index in [4.69, 9.17) is 0 Å². The maximum Gasteiger partial charge on any atom is 0.227 e. The van der Waals surface area contributed by atoms with Gasteiger partial charge in [-0.3, -0.25) is 9.59 Å². The molecule has 4 heteroatoms. The molecule has 0 bridgehead atoms. The van der Waals surface area contributed by atoms with Gasteiger partial charge in [0.1, 0.15) is 0 Å². The summed E-state index contributed by atoms with van der Waals surface area (Å²) in [5, 5.41) is 0.334. The number of aryl methyl sites for hydroxylation is 1. The van der Waals surface area contributed by atoms with Crippen molar-refractivity contribution in [2.24, 2.45) is 0 Å². The molecule has 0 saturated carbocycles. The topological polar surface area (TPSA) is 37.4 Å². The van der Waals surface area contributed by atoms with Crippen molar-refractivity contribution in [3.8, 4) is 0 Å². The lowest BCUT2D eigenvalue weighted by Crippen LogP contribution is -2.31. The van der Waals surface area contributed by atoms with E-state index in [0.717, 1.165) is 17.7 Å². The van der Waals surface area contributed by atoms with Crippen LogP contribution in [-0.2, 0) is 11.2 Å². The van der Waals surface area contributed by atoms with Crippen LogP contribution in [0.1, 0.15) is 22.3 Å². The Morgan fingerprint density at radius 2 is 2.19 bits per heavy atom. The van der Waals surface area contributed by atoms with Crippen LogP contribution in [0.25, 0.3) is 0 Å². The van der Waals surface area contributed by atoms with E-state index >= 15 is 0 Å². The van der Waals surface area contributed by atoms with Crippen molar-refractivity contribution in [2.45, 2.75) is 12.8 Å². The summed E-state index contributed by atoms with van der Waals surface area (Å²) in [4.78, 5) is 24.7. The summed E-state index contributed by atoms with van der Waals surface area (Å²) in [7, 11) is 1.77. The van der Waals surface area contributed by atoms with Gasteiger partial charge in [-0.25, -0.2) is 0 Å². The van der Waals surface area contributed by atoms with E-state index in [1.54, 1.807) is 18.0 Å². The predicted molar refractivity (Wildman–Crippen MR) is 66.3 cm³/mol. The van der Waals surface area contributed by atoms with Crippen LogP contribution in [0.4, 0.5) is 5.69 Å². The molecule has 1 aromatic rings. The zero-order chi connectivity index (χ0) is 11.7. The maximum absolute atomic E-state index is 11.5. The third-order valence-electron chi connectivity index (χ3n) is 2.87. The van der Waals surface area contributed by atoms with Crippen LogP contribution in [0.3, 0.4) is 0 Å². The molecule has 1 heterocycles. The number of Topliss-reactive ketones (excluding diaryl/α,β-unsaturated/α-hetero) is 1. The van der Waals surface area contributed by atoms with Gasteiger partial charge in [-0.2, -0.15) is 0 Å². The second-order valence-electron chi connectivity index (χ2n) is 3.85. The van der Waals surface area contributed by atoms with Gasteiger partial charge in [0.05, 0.1) is 5.33 Å². The number of hydrogen-bond donors (Lipinski definition) is 0. The number of hydrogen-bond acceptors (Lipinski definition) is 2. The van der Waals surface area contributed by atoms with Crippen LogP contribution >= 0.6 is 15.9 Å². The van der Waals surface area contributed by atoms with E-state index in [1.165, 1.54) is 0 Å². The summed E-state index contributed by atoms with van der Waals surface area (Å²) in [5.74, 6) is 0.203. The van der Waals surface area contributed by atoms with Crippen LogP contribution in [0.5, 0.6) is 0 Å².